The Morgan fingerprint density at radius 2 is 1.65 bits per heavy atom. The summed E-state index contributed by atoms with van der Waals surface area (Å²) in [5, 5.41) is 3.69. The van der Waals surface area contributed by atoms with Gasteiger partial charge in [-0.25, -0.2) is 22.5 Å². The summed E-state index contributed by atoms with van der Waals surface area (Å²) in [5.41, 5.74) is 8.78. The maximum absolute atomic E-state index is 15.0. The van der Waals surface area contributed by atoms with Crippen LogP contribution in [0.4, 0.5) is 17.6 Å². The number of nitrogens with one attached hydrogen (secondary N) is 2. The monoisotopic (exact) mass is 669 g/mol. The molecule has 6 unspecified atom stereocenters. The zero-order chi connectivity index (χ0) is 34.4. The number of benzene rings is 2. The van der Waals surface area contributed by atoms with Crippen molar-refractivity contribution in [2.75, 3.05) is 20.1 Å². The first-order chi connectivity index (χ1) is 22.9. The van der Waals surface area contributed by atoms with Gasteiger partial charge in [-0.15, -0.1) is 0 Å². The van der Waals surface area contributed by atoms with Crippen molar-refractivity contribution in [2.24, 2.45) is 11.7 Å². The van der Waals surface area contributed by atoms with Gasteiger partial charge >= 0.3 is 0 Å². The molecular weight excluding hydrogens is 626 g/mol. The van der Waals surface area contributed by atoms with E-state index in [0.29, 0.717) is 45.4 Å². The summed E-state index contributed by atoms with van der Waals surface area (Å²) in [6.45, 7) is 5.58. The number of likely N-dealkylation sites (N-methyl/N-ethyl adjacent to an activating group) is 1. The smallest absolute Gasteiger partial charge is 0.240 e. The SMILES string of the molecule is CCC(NC)C(=O)N1CC(F)CC1Cc1c(-c2nc3cc(F)ccc3n2CC2CC(F)CN2C(=O)C(N)C(C)C)[nH]c2cc(F)ccc12. The van der Waals surface area contributed by atoms with Crippen molar-refractivity contribution in [3.63, 3.8) is 0 Å². The minimum absolute atomic E-state index is 0.0275. The van der Waals surface area contributed by atoms with Crippen molar-refractivity contribution in [2.45, 2.75) is 89.5 Å². The van der Waals surface area contributed by atoms with E-state index in [2.05, 4.69) is 10.3 Å². The van der Waals surface area contributed by atoms with Gasteiger partial charge < -0.3 is 30.4 Å². The van der Waals surface area contributed by atoms with Gasteiger partial charge in [-0.2, -0.15) is 0 Å². The second-order valence-corrected chi connectivity index (χ2v) is 13.5. The van der Waals surface area contributed by atoms with E-state index in [4.69, 9.17) is 10.7 Å². The van der Waals surface area contributed by atoms with Gasteiger partial charge in [0.2, 0.25) is 11.8 Å². The number of imidazole rings is 1. The summed E-state index contributed by atoms with van der Waals surface area (Å²) >= 11 is 0. The molecule has 0 saturated carbocycles. The highest BCUT2D eigenvalue weighted by Crippen LogP contribution is 2.37. The van der Waals surface area contributed by atoms with E-state index in [0.717, 1.165) is 0 Å². The minimum atomic E-state index is -1.25. The van der Waals surface area contributed by atoms with Gasteiger partial charge in [0.1, 0.15) is 24.0 Å². The Morgan fingerprint density at radius 1 is 1.00 bits per heavy atom. The number of rotatable bonds is 10. The van der Waals surface area contributed by atoms with E-state index in [1.807, 2.05) is 25.3 Å². The van der Waals surface area contributed by atoms with Crippen molar-refractivity contribution in [3.8, 4) is 11.5 Å². The molecule has 258 valence electrons. The van der Waals surface area contributed by atoms with Crippen LogP contribution in [0.5, 0.6) is 0 Å². The first kappa shape index (κ1) is 33.9. The lowest BCUT2D eigenvalue weighted by molar-refractivity contribution is -0.135. The number of aromatic amines is 1. The van der Waals surface area contributed by atoms with Crippen LogP contribution in [0, 0.1) is 17.6 Å². The van der Waals surface area contributed by atoms with Crippen molar-refractivity contribution in [1.29, 1.82) is 0 Å². The van der Waals surface area contributed by atoms with Gasteiger partial charge in [-0.1, -0.05) is 20.8 Å². The quantitative estimate of drug-likeness (QED) is 0.209. The van der Waals surface area contributed by atoms with Gasteiger partial charge in [-0.05, 0) is 61.7 Å². The van der Waals surface area contributed by atoms with E-state index in [1.165, 1.54) is 29.2 Å². The summed E-state index contributed by atoms with van der Waals surface area (Å²) < 4.78 is 60.8. The van der Waals surface area contributed by atoms with E-state index in [-0.39, 0.29) is 56.6 Å². The molecule has 2 saturated heterocycles. The first-order valence-electron chi connectivity index (χ1n) is 16.7. The fourth-order valence-corrected chi connectivity index (χ4v) is 7.36. The third kappa shape index (κ3) is 6.29. The molecule has 2 aromatic carbocycles. The lowest BCUT2D eigenvalue weighted by Gasteiger charge is -2.29. The number of carbonyl (C=O) groups is 2. The Kier molecular flexibility index (Phi) is 9.54. The molecule has 2 aliphatic rings. The molecule has 2 aliphatic heterocycles. The molecule has 48 heavy (non-hydrogen) atoms. The molecule has 0 spiro atoms. The molecular formula is C35H43F4N7O2. The largest absolute Gasteiger partial charge is 0.352 e. The lowest BCUT2D eigenvalue weighted by Crippen LogP contribution is -2.49. The van der Waals surface area contributed by atoms with Crippen LogP contribution < -0.4 is 11.1 Å². The van der Waals surface area contributed by atoms with Crippen LogP contribution in [-0.4, -0.2) is 92.8 Å². The summed E-state index contributed by atoms with van der Waals surface area (Å²) in [5.74, 6) is -1.26. The van der Waals surface area contributed by atoms with Crippen LogP contribution in [0.2, 0.25) is 0 Å². The van der Waals surface area contributed by atoms with Crippen LogP contribution in [0.15, 0.2) is 36.4 Å². The summed E-state index contributed by atoms with van der Waals surface area (Å²) in [6.07, 6.45) is -1.45. The van der Waals surface area contributed by atoms with E-state index >= 15 is 0 Å². The van der Waals surface area contributed by atoms with Crippen LogP contribution >= 0.6 is 0 Å². The number of fused-ring (bicyclic) bond motifs is 2. The number of halogens is 4. The number of aromatic nitrogens is 3. The Labute approximate surface area is 276 Å². The zero-order valence-electron chi connectivity index (χ0n) is 27.6. The standard InChI is InChI=1S/C35H43F4N7O2/c1-5-27(41-4)34(47)44-15-21(38)10-23(44)14-26-25-8-6-19(36)12-28(25)42-32(26)33-43-29-13-20(37)7-9-30(29)46(33)17-24-11-22(39)16-45(24)35(48)31(40)18(2)3/h6-9,12-13,18,21-24,27,31,41-42H,5,10-11,14-17,40H2,1-4H3. The van der Waals surface area contributed by atoms with E-state index in [9.17, 15) is 27.2 Å². The third-order valence-corrected chi connectivity index (χ3v) is 9.99. The van der Waals surface area contributed by atoms with Crippen molar-refractivity contribution in [1.82, 2.24) is 29.7 Å². The number of alkyl halides is 2. The van der Waals surface area contributed by atoms with Crippen LogP contribution in [0.1, 0.15) is 45.6 Å². The van der Waals surface area contributed by atoms with Gasteiger partial charge in [-0.3, -0.25) is 9.59 Å². The highest BCUT2D eigenvalue weighted by atomic mass is 19.1. The second-order valence-electron chi connectivity index (χ2n) is 13.5. The number of hydrogen-bond donors (Lipinski definition) is 3. The molecule has 4 aromatic rings. The molecule has 6 rings (SSSR count). The van der Waals surface area contributed by atoms with Crippen LogP contribution in [0.25, 0.3) is 33.5 Å². The fourth-order valence-electron chi connectivity index (χ4n) is 7.36. The Bertz CT molecular complexity index is 1700. The molecule has 9 nitrogen and oxygen atoms in total. The second kappa shape index (κ2) is 13.5. The summed E-state index contributed by atoms with van der Waals surface area (Å²) in [7, 11) is 1.70. The van der Waals surface area contributed by atoms with Gasteiger partial charge in [0.25, 0.3) is 0 Å². The Morgan fingerprint density at radius 3 is 2.31 bits per heavy atom. The maximum atomic E-state index is 15.0. The lowest BCUT2D eigenvalue weighted by atomic mass is 9.99. The molecule has 2 aromatic heterocycles. The molecule has 13 heteroatoms. The average molecular weight is 670 g/mol. The van der Waals surface area contributed by atoms with Crippen molar-refractivity contribution >= 4 is 33.8 Å². The third-order valence-electron chi connectivity index (χ3n) is 9.99. The van der Waals surface area contributed by atoms with Gasteiger partial charge in [0.05, 0.1) is 47.9 Å². The number of hydrogen-bond acceptors (Lipinski definition) is 5. The van der Waals surface area contributed by atoms with Gasteiger partial charge in [0, 0.05) is 42.4 Å². The fraction of sp³-hybridized carbons (Fsp3) is 0.514. The Hall–Kier alpha value is -3.97. The van der Waals surface area contributed by atoms with E-state index in [1.54, 1.807) is 24.1 Å². The number of likely N-dealkylation sites (tertiary alicyclic amines) is 2. The molecule has 0 radical (unpaired) electrons. The summed E-state index contributed by atoms with van der Waals surface area (Å²) in [6, 6.07) is 6.23. The minimum Gasteiger partial charge on any atom is -0.352 e. The topological polar surface area (TPSA) is 112 Å². The van der Waals surface area contributed by atoms with Crippen molar-refractivity contribution < 1.29 is 27.2 Å². The summed E-state index contributed by atoms with van der Waals surface area (Å²) in [4.78, 5) is 38.1. The molecule has 0 aliphatic carbocycles. The highest BCUT2D eigenvalue weighted by molar-refractivity contribution is 5.92. The van der Waals surface area contributed by atoms with Gasteiger partial charge in [0.15, 0.2) is 5.82 Å². The number of H-pyrrole nitrogens is 1. The molecule has 6 atom stereocenters. The predicted molar refractivity (Wildman–Crippen MR) is 177 cm³/mol. The number of nitrogens with zero attached hydrogens (tertiary/aromatic N) is 4. The zero-order valence-corrected chi connectivity index (χ0v) is 27.6. The Balaban J connectivity index is 1.47. The average Bonchev–Trinajstić information content (AvgIpc) is 3.80. The molecule has 4 N–H and O–H groups in total. The van der Waals surface area contributed by atoms with E-state index < -0.39 is 48.1 Å². The predicted octanol–water partition coefficient (Wildman–Crippen LogP) is 4.86. The normalized spacial score (nSPS) is 22.8. The number of amides is 2. The van der Waals surface area contributed by atoms with Crippen LogP contribution in [-0.2, 0) is 22.6 Å². The first-order valence-corrected chi connectivity index (χ1v) is 16.7. The molecule has 2 fully saturated rings. The number of carbonyl (C=O) groups excluding carboxylic acids is 2. The number of nitrogens with two attached hydrogens (primary N) is 1. The van der Waals surface area contributed by atoms with Crippen molar-refractivity contribution in [3.05, 3.63) is 53.6 Å². The molecule has 4 heterocycles. The molecule has 2 amide bonds. The highest BCUT2D eigenvalue weighted by Gasteiger charge is 2.40. The maximum Gasteiger partial charge on any atom is 0.240 e. The van der Waals surface area contributed by atoms with Crippen LogP contribution in [0.3, 0.4) is 0 Å². The molecule has 0 bridgehead atoms.